The van der Waals surface area contributed by atoms with Gasteiger partial charge in [-0.25, -0.2) is 0 Å². The van der Waals surface area contributed by atoms with Crippen molar-refractivity contribution in [3.8, 4) is 11.1 Å². The number of nitrogens with one attached hydrogen (secondary N) is 1. The molecule has 0 saturated carbocycles. The van der Waals surface area contributed by atoms with Crippen LogP contribution in [0.3, 0.4) is 0 Å². The van der Waals surface area contributed by atoms with E-state index >= 15 is 0 Å². The van der Waals surface area contributed by atoms with Crippen LogP contribution in [0, 0.1) is 0 Å². The Morgan fingerprint density at radius 2 is 1.68 bits per heavy atom. The molecule has 0 atom stereocenters. The molecule has 0 saturated heterocycles. The molecule has 0 unspecified atom stereocenters. The molecule has 22 heavy (non-hydrogen) atoms. The van der Waals surface area contributed by atoms with E-state index < -0.39 is 5.97 Å². The number of carboxylic acid groups (broad SMARTS) is 1. The van der Waals surface area contributed by atoms with Crippen LogP contribution in [-0.2, 0) is 11.2 Å². The third kappa shape index (κ3) is 2.63. The Hall–Kier alpha value is -2.88. The number of carboxylic acids is 1. The number of hydrogen-bond acceptors (Lipinski definition) is 2. The summed E-state index contributed by atoms with van der Waals surface area (Å²) in [6.45, 7) is 0. The van der Waals surface area contributed by atoms with Crippen molar-refractivity contribution in [1.82, 2.24) is 4.98 Å². The fraction of sp³-hybridized carbons (Fsp3) is 0.111. The monoisotopic (exact) mass is 293 g/mol. The third-order valence-electron chi connectivity index (χ3n) is 3.64. The second-order valence-corrected chi connectivity index (χ2v) is 5.11. The van der Waals surface area contributed by atoms with E-state index in [-0.39, 0.29) is 11.8 Å². The number of para-hydroxylation sites is 1. The summed E-state index contributed by atoms with van der Waals surface area (Å²) in [5.41, 5.74) is 2.68. The molecule has 3 aromatic rings. The Morgan fingerprint density at radius 1 is 1.00 bits per heavy atom. The Morgan fingerprint density at radius 3 is 2.41 bits per heavy atom. The third-order valence-corrected chi connectivity index (χ3v) is 3.64. The molecule has 110 valence electrons. The predicted octanol–water partition coefficient (Wildman–Crippen LogP) is 3.21. The molecule has 3 rings (SSSR count). The van der Waals surface area contributed by atoms with Gasteiger partial charge in [0.05, 0.1) is 6.42 Å². The summed E-state index contributed by atoms with van der Waals surface area (Å²) in [6.07, 6.45) is 0.272. The molecule has 0 spiro atoms. The molecule has 2 aromatic carbocycles. The second kappa shape index (κ2) is 5.85. The maximum atomic E-state index is 12.8. The zero-order valence-electron chi connectivity index (χ0n) is 11.9. The van der Waals surface area contributed by atoms with Crippen molar-refractivity contribution in [3.05, 3.63) is 70.5 Å². The number of fused-ring (bicyclic) bond motifs is 1. The Kier molecular flexibility index (Phi) is 3.74. The van der Waals surface area contributed by atoms with Gasteiger partial charge in [-0.1, -0.05) is 42.5 Å². The fourth-order valence-electron chi connectivity index (χ4n) is 2.62. The summed E-state index contributed by atoms with van der Waals surface area (Å²) < 4.78 is 0. The molecule has 0 bridgehead atoms. The van der Waals surface area contributed by atoms with Crippen LogP contribution in [0.1, 0.15) is 12.1 Å². The van der Waals surface area contributed by atoms with E-state index in [9.17, 15) is 9.59 Å². The van der Waals surface area contributed by atoms with Crippen LogP contribution in [0.5, 0.6) is 0 Å². The largest absolute Gasteiger partial charge is 0.481 e. The second-order valence-electron chi connectivity index (χ2n) is 5.11. The SMILES string of the molecule is O=C(O)CCc1[nH]c2ccccc2c(=O)c1-c1ccccc1. The van der Waals surface area contributed by atoms with Gasteiger partial charge < -0.3 is 10.1 Å². The first-order valence-corrected chi connectivity index (χ1v) is 7.08. The minimum atomic E-state index is -0.881. The highest BCUT2D eigenvalue weighted by Crippen LogP contribution is 2.22. The Bertz CT molecular complexity index is 882. The maximum Gasteiger partial charge on any atom is 0.303 e. The number of aryl methyl sites for hydroxylation is 1. The van der Waals surface area contributed by atoms with Gasteiger partial charge >= 0.3 is 5.97 Å². The number of hydrogen-bond donors (Lipinski definition) is 2. The summed E-state index contributed by atoms with van der Waals surface area (Å²) in [7, 11) is 0. The molecular formula is C18H15NO3. The number of pyridine rings is 1. The van der Waals surface area contributed by atoms with E-state index in [2.05, 4.69) is 4.98 Å². The van der Waals surface area contributed by atoms with Gasteiger partial charge in [0.25, 0.3) is 0 Å². The summed E-state index contributed by atoms with van der Waals surface area (Å²) in [4.78, 5) is 26.9. The van der Waals surface area contributed by atoms with E-state index in [4.69, 9.17) is 5.11 Å². The Labute approximate surface area is 127 Å². The quantitative estimate of drug-likeness (QED) is 0.776. The van der Waals surface area contributed by atoms with Gasteiger partial charge in [0, 0.05) is 22.2 Å². The van der Waals surface area contributed by atoms with E-state index in [0.717, 1.165) is 11.1 Å². The number of carbonyl (C=O) groups is 1. The van der Waals surface area contributed by atoms with Crippen molar-refractivity contribution in [2.75, 3.05) is 0 Å². The smallest absolute Gasteiger partial charge is 0.303 e. The predicted molar refractivity (Wildman–Crippen MR) is 86.0 cm³/mol. The molecule has 2 N–H and O–H groups in total. The van der Waals surface area contributed by atoms with Crippen LogP contribution in [0.25, 0.3) is 22.0 Å². The summed E-state index contributed by atoms with van der Waals surface area (Å²) in [5.74, 6) is -0.881. The number of benzene rings is 2. The standard InChI is InChI=1S/C18H15NO3/c20-16(21)11-10-15-17(12-6-2-1-3-7-12)18(22)13-8-4-5-9-14(13)19-15/h1-9H,10-11H2,(H,19,22)(H,20,21). The van der Waals surface area contributed by atoms with Gasteiger partial charge in [0.15, 0.2) is 5.43 Å². The zero-order chi connectivity index (χ0) is 15.5. The highest BCUT2D eigenvalue weighted by molar-refractivity contribution is 5.85. The van der Waals surface area contributed by atoms with Gasteiger partial charge in [-0.15, -0.1) is 0 Å². The topological polar surface area (TPSA) is 70.2 Å². The van der Waals surface area contributed by atoms with Gasteiger partial charge in [0.2, 0.25) is 0 Å². The number of aromatic nitrogens is 1. The lowest BCUT2D eigenvalue weighted by Gasteiger charge is -2.11. The van der Waals surface area contributed by atoms with Crippen LogP contribution in [-0.4, -0.2) is 16.1 Å². The summed E-state index contributed by atoms with van der Waals surface area (Å²) in [6, 6.07) is 16.6. The molecule has 0 amide bonds. The highest BCUT2D eigenvalue weighted by Gasteiger charge is 2.14. The molecule has 4 heteroatoms. The van der Waals surface area contributed by atoms with Crippen LogP contribution in [0.2, 0.25) is 0 Å². The molecule has 4 nitrogen and oxygen atoms in total. The molecule has 0 radical (unpaired) electrons. The van der Waals surface area contributed by atoms with Crippen LogP contribution in [0.4, 0.5) is 0 Å². The number of aromatic amines is 1. The first kappa shape index (κ1) is 14.1. The van der Waals surface area contributed by atoms with Crippen LogP contribution in [0.15, 0.2) is 59.4 Å². The Balaban J connectivity index is 2.26. The van der Waals surface area contributed by atoms with E-state index in [0.29, 0.717) is 23.1 Å². The molecular weight excluding hydrogens is 278 g/mol. The molecule has 0 aliphatic rings. The first-order valence-electron chi connectivity index (χ1n) is 7.08. The lowest BCUT2D eigenvalue weighted by atomic mass is 9.98. The molecule has 1 aromatic heterocycles. The van der Waals surface area contributed by atoms with Crippen molar-refractivity contribution < 1.29 is 9.90 Å². The van der Waals surface area contributed by atoms with Crippen molar-refractivity contribution in [1.29, 1.82) is 0 Å². The number of aliphatic carboxylic acids is 1. The normalized spacial score (nSPS) is 10.7. The first-order chi connectivity index (χ1) is 10.7. The average Bonchev–Trinajstić information content (AvgIpc) is 2.54. The average molecular weight is 293 g/mol. The lowest BCUT2D eigenvalue weighted by molar-refractivity contribution is -0.136. The highest BCUT2D eigenvalue weighted by atomic mass is 16.4. The van der Waals surface area contributed by atoms with Gasteiger partial charge in [-0.05, 0) is 24.1 Å². The molecule has 0 fully saturated rings. The van der Waals surface area contributed by atoms with Crippen LogP contribution < -0.4 is 5.43 Å². The molecule has 1 heterocycles. The molecule has 0 aliphatic heterocycles. The fourth-order valence-corrected chi connectivity index (χ4v) is 2.62. The van der Waals surface area contributed by atoms with E-state index in [1.165, 1.54) is 0 Å². The number of H-pyrrole nitrogens is 1. The van der Waals surface area contributed by atoms with Crippen molar-refractivity contribution >= 4 is 16.9 Å². The van der Waals surface area contributed by atoms with Crippen molar-refractivity contribution in [3.63, 3.8) is 0 Å². The zero-order valence-corrected chi connectivity index (χ0v) is 11.9. The summed E-state index contributed by atoms with van der Waals surface area (Å²) in [5, 5.41) is 9.54. The van der Waals surface area contributed by atoms with Gasteiger partial charge in [0.1, 0.15) is 0 Å². The maximum absolute atomic E-state index is 12.8. The molecule has 0 aliphatic carbocycles. The minimum absolute atomic E-state index is 0.0197. The minimum Gasteiger partial charge on any atom is -0.481 e. The summed E-state index contributed by atoms with van der Waals surface area (Å²) >= 11 is 0. The van der Waals surface area contributed by atoms with Crippen molar-refractivity contribution in [2.45, 2.75) is 12.8 Å². The lowest BCUT2D eigenvalue weighted by Crippen LogP contribution is -2.12. The van der Waals surface area contributed by atoms with Crippen LogP contribution >= 0.6 is 0 Å². The van der Waals surface area contributed by atoms with Crippen molar-refractivity contribution in [2.24, 2.45) is 0 Å². The van der Waals surface area contributed by atoms with E-state index in [1.54, 1.807) is 6.07 Å². The van der Waals surface area contributed by atoms with E-state index in [1.807, 2.05) is 48.5 Å². The number of rotatable bonds is 4. The van der Waals surface area contributed by atoms with Gasteiger partial charge in [-0.3, -0.25) is 9.59 Å². The van der Waals surface area contributed by atoms with Gasteiger partial charge in [-0.2, -0.15) is 0 Å².